The molecule has 1 aliphatic rings. The fourth-order valence-electron chi connectivity index (χ4n) is 3.95. The lowest BCUT2D eigenvalue weighted by Crippen LogP contribution is -2.57. The van der Waals surface area contributed by atoms with Crippen LogP contribution in [0.1, 0.15) is 36.2 Å². The van der Waals surface area contributed by atoms with E-state index < -0.39 is 19.1 Å². The van der Waals surface area contributed by atoms with Crippen LogP contribution in [0.3, 0.4) is 0 Å². The van der Waals surface area contributed by atoms with Crippen molar-refractivity contribution in [3.8, 4) is 0 Å². The topological polar surface area (TPSA) is 88.7 Å². The van der Waals surface area contributed by atoms with Crippen LogP contribution in [0, 0.1) is 5.92 Å². The fraction of sp³-hybridized carbons (Fsp3) is 0.440. The van der Waals surface area contributed by atoms with Crippen molar-refractivity contribution in [1.29, 1.82) is 0 Å². The van der Waals surface area contributed by atoms with Gasteiger partial charge in [-0.25, -0.2) is 0 Å². The maximum Gasteiger partial charge on any atom is 0.480 e. The number of amides is 2. The second-order valence-corrected chi connectivity index (χ2v) is 10.7. The molecule has 0 radical (unpaired) electrons. The average molecular weight is 599 g/mol. The van der Waals surface area contributed by atoms with Crippen molar-refractivity contribution in [2.75, 3.05) is 26.3 Å². The predicted molar refractivity (Wildman–Crippen MR) is 147 cm³/mol. The maximum atomic E-state index is 13.6. The molecule has 0 aliphatic carbocycles. The summed E-state index contributed by atoms with van der Waals surface area (Å²) in [6.07, 6.45) is 0.945. The SMILES string of the molecule is CC(C)C[C@H](NC(=O)[C@H](Cc1ccccc1)NC(=O)c1c(Br)ccc(Cl)c1Cl)B1OCCNCCO1. The monoisotopic (exact) mass is 597 g/mol. The quantitative estimate of drug-likeness (QED) is 0.296. The van der Waals surface area contributed by atoms with Gasteiger partial charge in [-0.15, -0.1) is 0 Å². The van der Waals surface area contributed by atoms with E-state index in [1.807, 2.05) is 30.3 Å². The molecule has 3 rings (SSSR count). The van der Waals surface area contributed by atoms with Crippen molar-refractivity contribution in [3.05, 3.63) is 68.1 Å². The second kappa shape index (κ2) is 14.4. The highest BCUT2D eigenvalue weighted by atomic mass is 79.9. The molecule has 36 heavy (non-hydrogen) atoms. The van der Waals surface area contributed by atoms with Gasteiger partial charge in [-0.05, 0) is 46.0 Å². The lowest BCUT2D eigenvalue weighted by Gasteiger charge is -2.29. The first-order valence-electron chi connectivity index (χ1n) is 12.0. The molecule has 1 saturated heterocycles. The van der Waals surface area contributed by atoms with E-state index >= 15 is 0 Å². The van der Waals surface area contributed by atoms with Crippen LogP contribution in [0.4, 0.5) is 0 Å². The number of hydrogen-bond acceptors (Lipinski definition) is 5. The molecule has 1 fully saturated rings. The molecule has 2 atom stereocenters. The predicted octanol–water partition coefficient (Wildman–Crippen LogP) is 4.29. The second-order valence-electron chi connectivity index (χ2n) is 9.04. The summed E-state index contributed by atoms with van der Waals surface area (Å²) in [6, 6.07) is 11.9. The van der Waals surface area contributed by atoms with Gasteiger partial charge < -0.3 is 25.3 Å². The third-order valence-electron chi connectivity index (χ3n) is 5.68. The molecule has 7 nitrogen and oxygen atoms in total. The highest BCUT2D eigenvalue weighted by Gasteiger charge is 2.35. The van der Waals surface area contributed by atoms with Crippen LogP contribution >= 0.6 is 39.1 Å². The molecule has 0 spiro atoms. The van der Waals surface area contributed by atoms with Gasteiger partial charge in [-0.3, -0.25) is 9.59 Å². The minimum absolute atomic E-state index is 0.116. The summed E-state index contributed by atoms with van der Waals surface area (Å²) in [6.45, 7) is 6.52. The molecule has 194 valence electrons. The third kappa shape index (κ3) is 8.47. The van der Waals surface area contributed by atoms with Crippen molar-refractivity contribution in [1.82, 2.24) is 16.0 Å². The Kier molecular flexibility index (Phi) is 11.5. The number of carbonyl (C=O) groups is 2. The van der Waals surface area contributed by atoms with Gasteiger partial charge in [0.15, 0.2) is 0 Å². The molecule has 0 unspecified atom stereocenters. The third-order valence-corrected chi connectivity index (χ3v) is 7.14. The van der Waals surface area contributed by atoms with Crippen LogP contribution in [0.15, 0.2) is 46.9 Å². The van der Waals surface area contributed by atoms with Gasteiger partial charge in [-0.2, -0.15) is 0 Å². The van der Waals surface area contributed by atoms with Crippen molar-refractivity contribution in [3.63, 3.8) is 0 Å². The molecule has 11 heteroatoms. The Balaban J connectivity index is 1.84. The summed E-state index contributed by atoms with van der Waals surface area (Å²) in [4.78, 5) is 26.9. The molecule has 0 aromatic heterocycles. The molecule has 0 bridgehead atoms. The highest BCUT2D eigenvalue weighted by Crippen LogP contribution is 2.31. The van der Waals surface area contributed by atoms with Gasteiger partial charge in [0.05, 0.1) is 21.5 Å². The Morgan fingerprint density at radius 1 is 1.06 bits per heavy atom. The lowest BCUT2D eigenvalue weighted by molar-refractivity contribution is -0.123. The first-order chi connectivity index (χ1) is 17.3. The van der Waals surface area contributed by atoms with E-state index in [1.165, 1.54) is 0 Å². The van der Waals surface area contributed by atoms with Crippen LogP contribution in [-0.2, 0) is 20.5 Å². The van der Waals surface area contributed by atoms with E-state index in [-0.39, 0.29) is 33.4 Å². The minimum atomic E-state index is -0.869. The van der Waals surface area contributed by atoms with E-state index in [0.29, 0.717) is 43.6 Å². The molecule has 3 N–H and O–H groups in total. The number of rotatable bonds is 9. The van der Waals surface area contributed by atoms with E-state index in [9.17, 15) is 9.59 Å². The van der Waals surface area contributed by atoms with Gasteiger partial charge in [0.1, 0.15) is 6.04 Å². The van der Waals surface area contributed by atoms with Crippen molar-refractivity contribution >= 4 is 58.1 Å². The Bertz CT molecular complexity index is 1020. The number of halogens is 3. The Hall–Kier alpha value is -1.62. The highest BCUT2D eigenvalue weighted by molar-refractivity contribution is 9.10. The first-order valence-corrected chi connectivity index (χ1v) is 13.5. The average Bonchev–Trinajstić information content (AvgIpc) is 2.81. The van der Waals surface area contributed by atoms with Gasteiger partial charge in [0, 0.05) is 37.2 Å². The largest absolute Gasteiger partial charge is 0.480 e. The molecule has 2 aromatic rings. The maximum absolute atomic E-state index is 13.6. The lowest BCUT2D eigenvalue weighted by atomic mass is 9.73. The number of carbonyl (C=O) groups excluding carboxylic acids is 2. The van der Waals surface area contributed by atoms with Crippen LogP contribution in [0.25, 0.3) is 0 Å². The molecule has 1 aliphatic heterocycles. The van der Waals surface area contributed by atoms with Crippen LogP contribution in [0.5, 0.6) is 0 Å². The van der Waals surface area contributed by atoms with Crippen LogP contribution in [-0.4, -0.2) is 57.2 Å². The zero-order chi connectivity index (χ0) is 26.1. The minimum Gasteiger partial charge on any atom is -0.408 e. The molecule has 0 saturated carbocycles. The smallest absolute Gasteiger partial charge is 0.408 e. The number of hydrogen-bond donors (Lipinski definition) is 3. The number of nitrogens with one attached hydrogen (secondary N) is 3. The Morgan fingerprint density at radius 3 is 2.36 bits per heavy atom. The summed E-state index contributed by atoms with van der Waals surface area (Å²) in [5.74, 6) is -0.934. The summed E-state index contributed by atoms with van der Waals surface area (Å²) in [5.41, 5.74) is 1.08. The van der Waals surface area contributed by atoms with Gasteiger partial charge in [-0.1, -0.05) is 67.4 Å². The van der Waals surface area contributed by atoms with E-state index in [1.54, 1.807) is 12.1 Å². The van der Waals surface area contributed by atoms with Crippen LogP contribution in [0.2, 0.25) is 10.0 Å². The van der Waals surface area contributed by atoms with E-state index in [0.717, 1.165) is 5.56 Å². The summed E-state index contributed by atoms with van der Waals surface area (Å²) < 4.78 is 12.3. The van der Waals surface area contributed by atoms with Crippen molar-refractivity contribution < 1.29 is 18.9 Å². The summed E-state index contributed by atoms with van der Waals surface area (Å²) in [7, 11) is -0.581. The first kappa shape index (κ1) is 28.9. The van der Waals surface area contributed by atoms with Gasteiger partial charge in [0.2, 0.25) is 5.91 Å². The van der Waals surface area contributed by atoms with E-state index in [4.69, 9.17) is 32.5 Å². The summed E-state index contributed by atoms with van der Waals surface area (Å²) in [5, 5.41) is 9.53. The standard InChI is InChI=1S/C25H31BBrCl2N3O4/c1-16(2)14-21(26-35-12-10-30-11-13-36-26)32-24(33)20(15-17-6-4-3-5-7-17)31-25(34)22-18(27)8-9-19(28)23(22)29/h3-9,16,20-21,30H,10-15H2,1-2H3,(H,31,34)(H,32,33)/t20-,21-/m0/s1. The fourth-order valence-corrected chi connectivity index (χ4v) is 4.99. The van der Waals surface area contributed by atoms with E-state index in [2.05, 4.69) is 45.7 Å². The summed E-state index contributed by atoms with van der Waals surface area (Å²) >= 11 is 15.8. The zero-order valence-corrected chi connectivity index (χ0v) is 23.5. The molecule has 1 heterocycles. The number of benzene rings is 2. The Labute approximate surface area is 231 Å². The molecular formula is C25H31BBrCl2N3O4. The van der Waals surface area contributed by atoms with Crippen molar-refractivity contribution in [2.24, 2.45) is 5.92 Å². The van der Waals surface area contributed by atoms with Gasteiger partial charge in [0.25, 0.3) is 5.91 Å². The Morgan fingerprint density at radius 2 is 1.72 bits per heavy atom. The molecule has 2 amide bonds. The van der Waals surface area contributed by atoms with Crippen molar-refractivity contribution in [2.45, 2.75) is 38.7 Å². The zero-order valence-electron chi connectivity index (χ0n) is 20.4. The van der Waals surface area contributed by atoms with Gasteiger partial charge >= 0.3 is 7.12 Å². The van der Waals surface area contributed by atoms with Crippen LogP contribution < -0.4 is 16.0 Å². The normalized spacial score (nSPS) is 16.1. The molecule has 2 aromatic carbocycles. The molecular weight excluding hydrogens is 568 g/mol.